The van der Waals surface area contributed by atoms with Crippen molar-refractivity contribution in [1.82, 2.24) is 14.8 Å². The summed E-state index contributed by atoms with van der Waals surface area (Å²) in [6.07, 6.45) is 2.63. The van der Waals surface area contributed by atoms with Gasteiger partial charge >= 0.3 is 11.8 Å². The van der Waals surface area contributed by atoms with E-state index in [1.807, 2.05) is 0 Å². The molecule has 2 aromatic rings. The first-order valence-corrected chi connectivity index (χ1v) is 4.89. The number of nitro groups is 1. The highest BCUT2D eigenvalue weighted by molar-refractivity contribution is 5.91. The predicted octanol–water partition coefficient (Wildman–Crippen LogP) is 1.18. The van der Waals surface area contributed by atoms with Crippen molar-refractivity contribution in [3.05, 3.63) is 45.9 Å². The van der Waals surface area contributed by atoms with Crippen LogP contribution < -0.4 is 0 Å². The van der Waals surface area contributed by atoms with E-state index >= 15 is 0 Å². The largest absolute Gasteiger partial charge is 0.478 e. The molecule has 0 aliphatic carbocycles. The van der Waals surface area contributed by atoms with Gasteiger partial charge in [-0.05, 0) is 17.9 Å². The Hall–Kier alpha value is -2.77. The Balaban J connectivity index is 2.62. The lowest BCUT2D eigenvalue weighted by atomic mass is 10.2. The average molecular weight is 248 g/mol. The van der Waals surface area contributed by atoms with Crippen LogP contribution >= 0.6 is 0 Å². The smallest absolute Gasteiger partial charge is 0.390 e. The molecule has 1 N–H and O–H groups in total. The Bertz CT molecular complexity index is 635. The van der Waals surface area contributed by atoms with Gasteiger partial charge in [-0.25, -0.2) is 4.79 Å². The molecule has 8 heteroatoms. The van der Waals surface area contributed by atoms with Crippen LogP contribution in [-0.4, -0.2) is 30.8 Å². The lowest BCUT2D eigenvalue weighted by Crippen LogP contribution is -2.08. The third kappa shape index (κ3) is 1.90. The van der Waals surface area contributed by atoms with E-state index in [9.17, 15) is 14.9 Å². The number of hydrogen-bond acceptors (Lipinski definition) is 5. The lowest BCUT2D eigenvalue weighted by molar-refractivity contribution is -0.389. The molecule has 2 rings (SSSR count). The van der Waals surface area contributed by atoms with Gasteiger partial charge in [0.2, 0.25) is 0 Å². The highest BCUT2D eigenvalue weighted by Gasteiger charge is 2.20. The highest BCUT2D eigenvalue weighted by atomic mass is 16.6. The summed E-state index contributed by atoms with van der Waals surface area (Å²) in [7, 11) is 0. The molecule has 8 nitrogen and oxygen atoms in total. The molecule has 0 spiro atoms. The second-order valence-corrected chi connectivity index (χ2v) is 3.51. The summed E-state index contributed by atoms with van der Waals surface area (Å²) in [5, 5.41) is 23.4. The summed E-state index contributed by atoms with van der Waals surface area (Å²) in [4.78, 5) is 24.8. The van der Waals surface area contributed by atoms with Crippen molar-refractivity contribution in [2.75, 3.05) is 0 Å². The Labute approximate surface area is 101 Å². The van der Waals surface area contributed by atoms with Crippen LogP contribution in [0.15, 0.2) is 24.5 Å². The van der Waals surface area contributed by atoms with Gasteiger partial charge < -0.3 is 15.2 Å². The van der Waals surface area contributed by atoms with E-state index in [2.05, 4.69) is 10.1 Å². The summed E-state index contributed by atoms with van der Waals surface area (Å²) in [5.41, 5.74) is 0.624. The molecule has 18 heavy (non-hydrogen) atoms. The number of hydrogen-bond donors (Lipinski definition) is 1. The minimum atomic E-state index is -1.15. The first kappa shape index (κ1) is 11.7. The standard InChI is InChI=1S/C10H8N4O4/c1-6-4-9(14(17)18)12-13(6)8-5-11-3-2-7(8)10(15)16/h2-5H,1H3,(H,15,16). The normalized spacial score (nSPS) is 10.3. The number of carbonyl (C=O) groups is 1. The van der Waals surface area contributed by atoms with E-state index in [-0.39, 0.29) is 17.1 Å². The van der Waals surface area contributed by atoms with E-state index in [1.54, 1.807) is 6.92 Å². The SMILES string of the molecule is Cc1cc([N+](=O)[O-])nn1-c1cnccc1C(=O)O. The second-order valence-electron chi connectivity index (χ2n) is 3.51. The van der Waals surface area contributed by atoms with Crippen LogP contribution in [0.4, 0.5) is 5.82 Å². The molecule has 0 saturated heterocycles. The number of aryl methyl sites for hydroxylation is 1. The van der Waals surface area contributed by atoms with Crippen LogP contribution in [0.3, 0.4) is 0 Å². The van der Waals surface area contributed by atoms with Crippen LogP contribution in [0, 0.1) is 17.0 Å². The van der Waals surface area contributed by atoms with Crippen LogP contribution in [0.1, 0.15) is 16.1 Å². The lowest BCUT2D eigenvalue weighted by Gasteiger charge is -2.02. The number of carboxylic acid groups (broad SMARTS) is 1. The maximum atomic E-state index is 11.0. The zero-order chi connectivity index (χ0) is 13.3. The molecule has 0 radical (unpaired) electrons. The van der Waals surface area contributed by atoms with Crippen molar-refractivity contribution in [1.29, 1.82) is 0 Å². The molecule has 0 aromatic carbocycles. The molecule has 0 fully saturated rings. The second kappa shape index (κ2) is 4.24. The summed E-state index contributed by atoms with van der Waals surface area (Å²) in [6, 6.07) is 2.57. The molecule has 2 aromatic heterocycles. The van der Waals surface area contributed by atoms with Gasteiger partial charge in [-0.1, -0.05) is 0 Å². The third-order valence-electron chi connectivity index (χ3n) is 2.32. The molecule has 0 bridgehead atoms. The van der Waals surface area contributed by atoms with Gasteiger partial charge in [0.15, 0.2) is 0 Å². The number of carboxylic acids is 1. The fourth-order valence-corrected chi connectivity index (χ4v) is 1.53. The fraction of sp³-hybridized carbons (Fsp3) is 0.100. The summed E-state index contributed by atoms with van der Waals surface area (Å²) in [5.74, 6) is -1.49. The molecule has 0 atom stereocenters. The van der Waals surface area contributed by atoms with E-state index in [4.69, 9.17) is 5.11 Å². The molecule has 0 aliphatic rings. The van der Waals surface area contributed by atoms with E-state index < -0.39 is 10.9 Å². The molecule has 0 aliphatic heterocycles. The van der Waals surface area contributed by atoms with E-state index in [1.165, 1.54) is 29.2 Å². The molecule has 2 heterocycles. The van der Waals surface area contributed by atoms with Gasteiger partial charge in [0.05, 0.1) is 28.6 Å². The van der Waals surface area contributed by atoms with Crippen LogP contribution in [0.5, 0.6) is 0 Å². The summed E-state index contributed by atoms with van der Waals surface area (Å²) >= 11 is 0. The monoisotopic (exact) mass is 248 g/mol. The van der Waals surface area contributed by atoms with E-state index in [0.29, 0.717) is 5.69 Å². The van der Waals surface area contributed by atoms with Gasteiger partial charge in [0, 0.05) is 6.20 Å². The molecule has 92 valence electrons. The maximum absolute atomic E-state index is 11.0. The Kier molecular flexibility index (Phi) is 2.76. The fourth-order valence-electron chi connectivity index (χ4n) is 1.53. The van der Waals surface area contributed by atoms with Crippen molar-refractivity contribution in [2.45, 2.75) is 6.92 Å². The zero-order valence-electron chi connectivity index (χ0n) is 9.27. The molecular weight excluding hydrogens is 240 g/mol. The maximum Gasteiger partial charge on any atom is 0.390 e. The Morgan fingerprint density at radius 2 is 2.28 bits per heavy atom. The highest BCUT2D eigenvalue weighted by Crippen LogP contribution is 2.18. The summed E-state index contributed by atoms with van der Waals surface area (Å²) in [6.45, 7) is 1.60. The van der Waals surface area contributed by atoms with Gasteiger partial charge in [-0.3, -0.25) is 4.98 Å². The van der Waals surface area contributed by atoms with Crippen LogP contribution in [0.2, 0.25) is 0 Å². The molecule has 0 saturated carbocycles. The van der Waals surface area contributed by atoms with Crippen molar-refractivity contribution in [3.63, 3.8) is 0 Å². The minimum absolute atomic E-state index is 0.0221. The number of aromatic carboxylic acids is 1. The first-order valence-electron chi connectivity index (χ1n) is 4.89. The topological polar surface area (TPSA) is 111 Å². The van der Waals surface area contributed by atoms with Crippen LogP contribution in [0.25, 0.3) is 5.69 Å². The van der Waals surface area contributed by atoms with Crippen molar-refractivity contribution >= 4 is 11.8 Å². The molecular formula is C10H8N4O4. The first-order chi connectivity index (χ1) is 8.50. The number of pyridine rings is 1. The van der Waals surface area contributed by atoms with Gasteiger partial charge in [-0.15, -0.1) is 4.68 Å². The van der Waals surface area contributed by atoms with Gasteiger partial charge in [0.25, 0.3) is 0 Å². The van der Waals surface area contributed by atoms with Gasteiger partial charge in [-0.2, -0.15) is 0 Å². The zero-order valence-corrected chi connectivity index (χ0v) is 9.27. The molecule has 0 unspecified atom stereocenters. The van der Waals surface area contributed by atoms with Crippen LogP contribution in [-0.2, 0) is 0 Å². The van der Waals surface area contributed by atoms with Crippen molar-refractivity contribution in [3.8, 4) is 5.69 Å². The Morgan fingerprint density at radius 1 is 1.56 bits per heavy atom. The number of aromatic nitrogens is 3. The molecule has 0 amide bonds. The third-order valence-corrected chi connectivity index (χ3v) is 2.32. The number of nitrogens with zero attached hydrogens (tertiary/aromatic N) is 4. The van der Waals surface area contributed by atoms with Crippen molar-refractivity contribution in [2.24, 2.45) is 0 Å². The van der Waals surface area contributed by atoms with Gasteiger partial charge in [0.1, 0.15) is 5.69 Å². The average Bonchev–Trinajstić information content (AvgIpc) is 2.71. The quantitative estimate of drug-likeness (QED) is 0.644. The number of rotatable bonds is 3. The minimum Gasteiger partial charge on any atom is -0.478 e. The Morgan fingerprint density at radius 3 is 2.83 bits per heavy atom. The summed E-state index contributed by atoms with van der Waals surface area (Å²) < 4.78 is 1.19. The van der Waals surface area contributed by atoms with Crippen molar-refractivity contribution < 1.29 is 14.8 Å². The van der Waals surface area contributed by atoms with E-state index in [0.717, 1.165) is 0 Å². The predicted molar refractivity (Wildman–Crippen MR) is 59.7 cm³/mol.